The molecule has 0 radical (unpaired) electrons. The number of rotatable bonds is 4. The second kappa shape index (κ2) is 6.04. The summed E-state index contributed by atoms with van der Waals surface area (Å²) in [4.78, 5) is 10.4. The zero-order valence-electron chi connectivity index (χ0n) is 10.2. The summed E-state index contributed by atoms with van der Waals surface area (Å²) in [6.07, 6.45) is 0. The van der Waals surface area contributed by atoms with Gasteiger partial charge in [0.1, 0.15) is 12.4 Å². The smallest absolute Gasteiger partial charge is 0.276 e. The highest BCUT2D eigenvalue weighted by atomic mass is 35.5. The molecular formula is C14H9ClN2O3. The topological polar surface area (TPSA) is 76.2 Å². The minimum absolute atomic E-state index is 0.00571. The third kappa shape index (κ3) is 3.25. The molecule has 2 aromatic rings. The maximum Gasteiger partial charge on any atom is 0.276 e. The van der Waals surface area contributed by atoms with Crippen molar-refractivity contribution in [3.05, 3.63) is 68.7 Å². The van der Waals surface area contributed by atoms with Crippen LogP contribution in [-0.2, 0) is 6.61 Å². The molecule has 0 aliphatic carbocycles. The number of hydrogen-bond acceptors (Lipinski definition) is 4. The summed E-state index contributed by atoms with van der Waals surface area (Å²) in [5, 5.41) is 20.1. The van der Waals surface area contributed by atoms with Crippen LogP contribution in [-0.4, -0.2) is 4.92 Å². The monoisotopic (exact) mass is 288 g/mol. The van der Waals surface area contributed by atoms with Crippen molar-refractivity contribution < 1.29 is 9.66 Å². The van der Waals surface area contributed by atoms with Gasteiger partial charge in [0.15, 0.2) is 0 Å². The number of benzene rings is 2. The third-order valence-corrected chi connectivity index (χ3v) is 2.83. The van der Waals surface area contributed by atoms with Crippen molar-refractivity contribution in [1.29, 1.82) is 5.26 Å². The zero-order chi connectivity index (χ0) is 14.5. The summed E-state index contributed by atoms with van der Waals surface area (Å²) in [7, 11) is 0. The average molecular weight is 289 g/mol. The van der Waals surface area contributed by atoms with E-state index in [-0.39, 0.29) is 12.3 Å². The summed E-state index contributed by atoms with van der Waals surface area (Å²) < 4.78 is 5.47. The number of nitro groups is 1. The molecule has 0 unspecified atom stereocenters. The second-order valence-corrected chi connectivity index (χ2v) is 4.39. The lowest BCUT2D eigenvalue weighted by atomic mass is 10.2. The van der Waals surface area contributed by atoms with Crippen LogP contribution < -0.4 is 4.74 Å². The van der Waals surface area contributed by atoms with Crippen LogP contribution in [0.5, 0.6) is 5.75 Å². The molecule has 0 N–H and O–H groups in total. The van der Waals surface area contributed by atoms with Crippen LogP contribution in [0.25, 0.3) is 0 Å². The fourth-order valence-corrected chi connectivity index (χ4v) is 1.86. The van der Waals surface area contributed by atoms with Gasteiger partial charge in [-0.1, -0.05) is 17.7 Å². The summed E-state index contributed by atoms with van der Waals surface area (Å²) in [6.45, 7) is 0.00571. The molecule has 0 heterocycles. The number of nitro benzene ring substituents is 1. The summed E-state index contributed by atoms with van der Waals surface area (Å²) in [6, 6.07) is 12.9. The molecule has 0 amide bonds. The van der Waals surface area contributed by atoms with Crippen molar-refractivity contribution >= 4 is 17.3 Å². The van der Waals surface area contributed by atoms with Crippen molar-refractivity contribution in [2.75, 3.05) is 0 Å². The highest BCUT2D eigenvalue weighted by Crippen LogP contribution is 2.24. The average Bonchev–Trinajstić information content (AvgIpc) is 2.45. The fourth-order valence-electron chi connectivity index (χ4n) is 1.66. The molecule has 0 fully saturated rings. The Morgan fingerprint density at radius 3 is 2.80 bits per heavy atom. The van der Waals surface area contributed by atoms with E-state index < -0.39 is 4.92 Å². The molecule has 5 nitrogen and oxygen atoms in total. The SMILES string of the molecule is N#Cc1cccc(OCc2cc(Cl)ccc2[N+](=O)[O-])c1. The molecule has 2 rings (SSSR count). The Balaban J connectivity index is 2.20. The van der Waals surface area contributed by atoms with E-state index >= 15 is 0 Å². The number of hydrogen-bond donors (Lipinski definition) is 0. The van der Waals surface area contributed by atoms with Crippen molar-refractivity contribution in [2.45, 2.75) is 6.61 Å². The molecule has 6 heteroatoms. The first-order valence-electron chi connectivity index (χ1n) is 5.66. The predicted molar refractivity (Wildman–Crippen MR) is 73.6 cm³/mol. The highest BCUT2D eigenvalue weighted by Gasteiger charge is 2.14. The van der Waals surface area contributed by atoms with E-state index in [1.807, 2.05) is 6.07 Å². The summed E-state index contributed by atoms with van der Waals surface area (Å²) in [5.41, 5.74) is 0.791. The van der Waals surface area contributed by atoms with Crippen molar-refractivity contribution in [1.82, 2.24) is 0 Å². The van der Waals surface area contributed by atoms with E-state index in [1.165, 1.54) is 18.2 Å². The number of nitrogens with zero attached hydrogens (tertiary/aromatic N) is 2. The van der Waals surface area contributed by atoms with E-state index in [9.17, 15) is 10.1 Å². The van der Waals surface area contributed by atoms with Gasteiger partial charge in [0.05, 0.1) is 22.1 Å². The van der Waals surface area contributed by atoms with Crippen LogP contribution in [0, 0.1) is 21.4 Å². The minimum atomic E-state index is -0.485. The van der Waals surface area contributed by atoms with E-state index in [0.717, 1.165) is 0 Å². The molecule has 100 valence electrons. The first kappa shape index (κ1) is 13.8. The molecule has 0 atom stereocenters. The number of nitriles is 1. The first-order valence-corrected chi connectivity index (χ1v) is 6.04. The van der Waals surface area contributed by atoms with Crippen LogP contribution >= 0.6 is 11.6 Å². The van der Waals surface area contributed by atoms with E-state index in [1.54, 1.807) is 24.3 Å². The predicted octanol–water partition coefficient (Wildman–Crippen LogP) is 3.70. The number of ether oxygens (including phenoxy) is 1. The Bertz CT molecular complexity index is 695. The van der Waals surface area contributed by atoms with Gasteiger partial charge in [0.25, 0.3) is 5.69 Å². The van der Waals surface area contributed by atoms with Crippen LogP contribution in [0.1, 0.15) is 11.1 Å². The van der Waals surface area contributed by atoms with Gasteiger partial charge >= 0.3 is 0 Å². The molecule has 0 aliphatic heterocycles. The first-order chi connectivity index (χ1) is 9.60. The quantitative estimate of drug-likeness (QED) is 0.635. The molecule has 0 aromatic heterocycles. The Kier molecular flexibility index (Phi) is 4.18. The molecule has 0 bridgehead atoms. The molecule has 2 aromatic carbocycles. The second-order valence-electron chi connectivity index (χ2n) is 3.96. The van der Waals surface area contributed by atoms with Crippen LogP contribution in [0.3, 0.4) is 0 Å². The third-order valence-electron chi connectivity index (χ3n) is 2.60. The van der Waals surface area contributed by atoms with Crippen molar-refractivity contribution in [2.24, 2.45) is 0 Å². The van der Waals surface area contributed by atoms with E-state index in [0.29, 0.717) is 21.9 Å². The number of halogens is 1. The Morgan fingerprint density at radius 2 is 2.10 bits per heavy atom. The highest BCUT2D eigenvalue weighted by molar-refractivity contribution is 6.30. The minimum Gasteiger partial charge on any atom is -0.489 e. The molecule has 0 aliphatic rings. The Labute approximate surface area is 120 Å². The van der Waals surface area contributed by atoms with E-state index in [4.69, 9.17) is 21.6 Å². The van der Waals surface area contributed by atoms with Gasteiger partial charge in [0, 0.05) is 11.1 Å². The van der Waals surface area contributed by atoms with Gasteiger partial charge in [-0.15, -0.1) is 0 Å². The molecule has 20 heavy (non-hydrogen) atoms. The molecule has 0 saturated heterocycles. The summed E-state index contributed by atoms with van der Waals surface area (Å²) >= 11 is 5.83. The maximum atomic E-state index is 10.9. The lowest BCUT2D eigenvalue weighted by Gasteiger charge is -2.07. The Hall–Kier alpha value is -2.58. The largest absolute Gasteiger partial charge is 0.489 e. The van der Waals surface area contributed by atoms with Crippen molar-refractivity contribution in [3.63, 3.8) is 0 Å². The van der Waals surface area contributed by atoms with Crippen LogP contribution in [0.4, 0.5) is 5.69 Å². The summed E-state index contributed by atoms with van der Waals surface area (Å²) in [5.74, 6) is 0.471. The molecular weight excluding hydrogens is 280 g/mol. The maximum absolute atomic E-state index is 10.9. The van der Waals surface area contributed by atoms with Crippen LogP contribution in [0.15, 0.2) is 42.5 Å². The Morgan fingerprint density at radius 1 is 1.30 bits per heavy atom. The van der Waals surface area contributed by atoms with Gasteiger partial charge in [-0.3, -0.25) is 10.1 Å². The van der Waals surface area contributed by atoms with Crippen molar-refractivity contribution in [3.8, 4) is 11.8 Å². The standard InChI is InChI=1S/C14H9ClN2O3/c15-12-4-5-14(17(18)19)11(7-12)9-20-13-3-1-2-10(6-13)8-16/h1-7H,9H2. The van der Waals surface area contributed by atoms with Gasteiger partial charge in [0.2, 0.25) is 0 Å². The zero-order valence-corrected chi connectivity index (χ0v) is 11.0. The van der Waals surface area contributed by atoms with Gasteiger partial charge < -0.3 is 4.74 Å². The lowest BCUT2D eigenvalue weighted by molar-refractivity contribution is -0.385. The van der Waals surface area contributed by atoms with Gasteiger partial charge in [-0.25, -0.2) is 0 Å². The lowest BCUT2D eigenvalue weighted by Crippen LogP contribution is -2.00. The van der Waals surface area contributed by atoms with E-state index in [2.05, 4.69) is 0 Å². The molecule has 0 saturated carbocycles. The normalized spacial score (nSPS) is 9.80. The van der Waals surface area contributed by atoms with Crippen LogP contribution in [0.2, 0.25) is 5.02 Å². The van der Waals surface area contributed by atoms with Gasteiger partial charge in [-0.05, 0) is 30.3 Å². The fraction of sp³-hybridized carbons (Fsp3) is 0.0714. The van der Waals surface area contributed by atoms with Gasteiger partial charge in [-0.2, -0.15) is 5.26 Å². The molecule has 0 spiro atoms.